The van der Waals surface area contributed by atoms with Gasteiger partial charge in [-0.25, -0.2) is 4.79 Å². The zero-order chi connectivity index (χ0) is 10.7. The Balaban J connectivity index is 3.25. The van der Waals surface area contributed by atoms with E-state index < -0.39 is 5.97 Å². The molecule has 3 N–H and O–H groups in total. The molecule has 0 amide bonds. The summed E-state index contributed by atoms with van der Waals surface area (Å²) in [5, 5.41) is 8.83. The van der Waals surface area contributed by atoms with Gasteiger partial charge >= 0.3 is 5.97 Å². The molecule has 0 heterocycles. The van der Waals surface area contributed by atoms with Crippen LogP contribution in [0, 0.1) is 6.92 Å². The minimum absolute atomic E-state index is 0.0116. The molecular formula is C10H12N2O2. The fraction of sp³-hybridized carbons (Fsp3) is 0.200. The summed E-state index contributed by atoms with van der Waals surface area (Å²) in [4.78, 5) is 14.5. The van der Waals surface area contributed by atoms with E-state index in [1.165, 1.54) is 7.05 Å². The van der Waals surface area contributed by atoms with Gasteiger partial charge in [0, 0.05) is 18.3 Å². The molecule has 14 heavy (non-hydrogen) atoms. The van der Waals surface area contributed by atoms with Crippen LogP contribution in [0.25, 0.3) is 0 Å². The van der Waals surface area contributed by atoms with Crippen molar-refractivity contribution in [3.8, 4) is 0 Å². The van der Waals surface area contributed by atoms with Gasteiger partial charge in [-0.05, 0) is 18.6 Å². The van der Waals surface area contributed by atoms with E-state index in [4.69, 9.17) is 10.8 Å². The monoisotopic (exact) mass is 192 g/mol. The highest BCUT2D eigenvalue weighted by Gasteiger charge is 2.13. The molecule has 4 nitrogen and oxygen atoms in total. The third-order valence-electron chi connectivity index (χ3n) is 1.89. The number of aliphatic carboxylic acids is 1. The molecule has 0 radical (unpaired) electrons. The molecule has 0 spiro atoms. The van der Waals surface area contributed by atoms with Crippen molar-refractivity contribution in [2.24, 2.45) is 4.99 Å². The van der Waals surface area contributed by atoms with Crippen LogP contribution in [0.2, 0.25) is 0 Å². The minimum Gasteiger partial charge on any atom is -0.477 e. The van der Waals surface area contributed by atoms with Crippen LogP contribution in [-0.2, 0) is 4.79 Å². The third-order valence-corrected chi connectivity index (χ3v) is 1.89. The lowest BCUT2D eigenvalue weighted by Gasteiger charge is -2.05. The van der Waals surface area contributed by atoms with Crippen LogP contribution in [-0.4, -0.2) is 23.8 Å². The number of carbonyl (C=O) groups is 1. The molecular weight excluding hydrogens is 180 g/mol. The number of nitrogen functional groups attached to an aromatic ring is 1. The Bertz CT molecular complexity index is 397. The van der Waals surface area contributed by atoms with E-state index in [1.807, 2.05) is 6.92 Å². The number of carboxylic acids is 1. The zero-order valence-corrected chi connectivity index (χ0v) is 8.11. The van der Waals surface area contributed by atoms with Gasteiger partial charge in [-0.2, -0.15) is 0 Å². The lowest BCUT2D eigenvalue weighted by atomic mass is 10.1. The summed E-state index contributed by atoms with van der Waals surface area (Å²) in [5.74, 6) is -1.07. The van der Waals surface area contributed by atoms with Crippen molar-refractivity contribution >= 4 is 17.4 Å². The molecule has 0 saturated heterocycles. The second-order valence-electron chi connectivity index (χ2n) is 2.97. The number of aryl methyl sites for hydroxylation is 1. The van der Waals surface area contributed by atoms with E-state index in [1.54, 1.807) is 18.2 Å². The van der Waals surface area contributed by atoms with Crippen molar-refractivity contribution < 1.29 is 9.90 Å². The van der Waals surface area contributed by atoms with E-state index >= 15 is 0 Å². The second kappa shape index (κ2) is 3.91. The second-order valence-corrected chi connectivity index (χ2v) is 2.97. The molecule has 0 fully saturated rings. The molecule has 0 aliphatic carbocycles. The molecule has 0 aliphatic rings. The van der Waals surface area contributed by atoms with Gasteiger partial charge in [0.25, 0.3) is 0 Å². The van der Waals surface area contributed by atoms with E-state index in [0.717, 1.165) is 5.56 Å². The van der Waals surface area contributed by atoms with Crippen molar-refractivity contribution in [2.45, 2.75) is 6.92 Å². The van der Waals surface area contributed by atoms with Gasteiger partial charge in [0.1, 0.15) is 0 Å². The summed E-state index contributed by atoms with van der Waals surface area (Å²) < 4.78 is 0. The number of nitrogens with zero attached hydrogens (tertiary/aromatic N) is 1. The van der Waals surface area contributed by atoms with E-state index in [-0.39, 0.29) is 5.71 Å². The van der Waals surface area contributed by atoms with Crippen molar-refractivity contribution in [3.63, 3.8) is 0 Å². The predicted octanol–water partition coefficient (Wildman–Crippen LogP) is 1.08. The van der Waals surface area contributed by atoms with Crippen LogP contribution in [0.5, 0.6) is 0 Å². The predicted molar refractivity (Wildman–Crippen MR) is 55.7 cm³/mol. The molecule has 74 valence electrons. The van der Waals surface area contributed by atoms with Gasteiger partial charge in [0.2, 0.25) is 0 Å². The summed E-state index contributed by atoms with van der Waals surface area (Å²) in [6.45, 7) is 1.89. The number of anilines is 1. The lowest BCUT2D eigenvalue weighted by Crippen LogP contribution is -2.16. The molecule has 1 aromatic rings. The maximum atomic E-state index is 10.8. The Hall–Kier alpha value is -1.84. The van der Waals surface area contributed by atoms with Crippen LogP contribution in [0.1, 0.15) is 11.1 Å². The fourth-order valence-electron chi connectivity index (χ4n) is 1.23. The standard InChI is InChI=1S/C10H12N2O2/c1-6-3-4-7(8(11)5-6)9(12-2)10(13)14/h3-5H,11H2,1-2H3,(H,13,14). The number of carboxylic acid groups (broad SMARTS) is 1. The fourth-order valence-corrected chi connectivity index (χ4v) is 1.23. The largest absolute Gasteiger partial charge is 0.477 e. The summed E-state index contributed by atoms with van der Waals surface area (Å²) in [6, 6.07) is 5.20. The molecule has 1 aromatic carbocycles. The van der Waals surface area contributed by atoms with Gasteiger partial charge in [0.05, 0.1) is 0 Å². The van der Waals surface area contributed by atoms with Crippen molar-refractivity contribution in [2.75, 3.05) is 12.8 Å². The first kappa shape index (κ1) is 10.2. The minimum atomic E-state index is -1.07. The van der Waals surface area contributed by atoms with E-state index in [0.29, 0.717) is 11.3 Å². The Morgan fingerprint density at radius 2 is 2.14 bits per heavy atom. The van der Waals surface area contributed by atoms with Crippen molar-refractivity contribution in [3.05, 3.63) is 29.3 Å². The number of hydrogen-bond donors (Lipinski definition) is 2. The van der Waals surface area contributed by atoms with Gasteiger partial charge in [-0.3, -0.25) is 4.99 Å². The van der Waals surface area contributed by atoms with Gasteiger partial charge in [-0.1, -0.05) is 12.1 Å². The molecule has 0 aromatic heterocycles. The summed E-state index contributed by atoms with van der Waals surface area (Å²) in [6.07, 6.45) is 0. The highest BCUT2D eigenvalue weighted by molar-refractivity contribution is 6.43. The van der Waals surface area contributed by atoms with Crippen LogP contribution in [0.4, 0.5) is 5.69 Å². The molecule has 0 aliphatic heterocycles. The molecule has 1 rings (SSSR count). The summed E-state index contributed by atoms with van der Waals surface area (Å²) in [7, 11) is 1.43. The Labute approximate surface area is 82.1 Å². The van der Waals surface area contributed by atoms with Crippen LogP contribution in [0.15, 0.2) is 23.2 Å². The first-order valence-corrected chi connectivity index (χ1v) is 4.13. The average molecular weight is 192 g/mol. The van der Waals surface area contributed by atoms with E-state index in [9.17, 15) is 4.79 Å². The smallest absolute Gasteiger partial charge is 0.354 e. The molecule has 4 heteroatoms. The van der Waals surface area contributed by atoms with Crippen molar-refractivity contribution in [1.29, 1.82) is 0 Å². The normalized spacial score (nSPS) is 11.4. The zero-order valence-electron chi connectivity index (χ0n) is 8.11. The van der Waals surface area contributed by atoms with Crippen LogP contribution >= 0.6 is 0 Å². The molecule has 0 bridgehead atoms. The van der Waals surface area contributed by atoms with Gasteiger partial charge in [-0.15, -0.1) is 0 Å². The molecule has 0 atom stereocenters. The highest BCUT2D eigenvalue weighted by atomic mass is 16.4. The number of nitrogens with two attached hydrogens (primary N) is 1. The Kier molecular flexibility index (Phi) is 2.86. The molecule has 0 saturated carbocycles. The van der Waals surface area contributed by atoms with Crippen LogP contribution < -0.4 is 5.73 Å². The summed E-state index contributed by atoms with van der Waals surface area (Å²) >= 11 is 0. The number of rotatable bonds is 2. The lowest BCUT2D eigenvalue weighted by molar-refractivity contribution is -0.129. The first-order chi connectivity index (χ1) is 6.56. The van der Waals surface area contributed by atoms with Crippen molar-refractivity contribution in [1.82, 2.24) is 0 Å². The van der Waals surface area contributed by atoms with Gasteiger partial charge in [0.15, 0.2) is 5.71 Å². The van der Waals surface area contributed by atoms with Crippen LogP contribution in [0.3, 0.4) is 0 Å². The first-order valence-electron chi connectivity index (χ1n) is 4.13. The quantitative estimate of drug-likeness (QED) is 0.543. The average Bonchev–Trinajstić information content (AvgIpc) is 2.09. The number of aliphatic imine (C=N–C) groups is 1. The topological polar surface area (TPSA) is 75.7 Å². The SMILES string of the molecule is CN=C(C(=O)O)c1ccc(C)cc1N. The maximum absolute atomic E-state index is 10.8. The summed E-state index contributed by atoms with van der Waals surface area (Å²) in [5.41, 5.74) is 7.57. The maximum Gasteiger partial charge on any atom is 0.354 e. The Morgan fingerprint density at radius 3 is 2.57 bits per heavy atom. The van der Waals surface area contributed by atoms with Gasteiger partial charge < -0.3 is 10.8 Å². The highest BCUT2D eigenvalue weighted by Crippen LogP contribution is 2.14. The van der Waals surface area contributed by atoms with E-state index in [2.05, 4.69) is 4.99 Å². The Morgan fingerprint density at radius 1 is 1.50 bits per heavy atom. The molecule has 0 unspecified atom stereocenters. The third kappa shape index (κ3) is 1.90. The number of benzene rings is 1. The number of hydrogen-bond acceptors (Lipinski definition) is 3.